The number of fused-ring (bicyclic) bond motifs is 1. The number of anilines is 2. The summed E-state index contributed by atoms with van der Waals surface area (Å²) in [6, 6.07) is 9.51. The van der Waals surface area contributed by atoms with Gasteiger partial charge in [-0.1, -0.05) is 36.4 Å². The van der Waals surface area contributed by atoms with E-state index in [1.54, 1.807) is 22.9 Å². The number of rotatable bonds is 9. The molecule has 2 N–H and O–H groups in total. The molecular weight excluding hydrogens is 408 g/mol. The number of aliphatic hydroxyl groups is 1. The lowest BCUT2D eigenvalue weighted by atomic mass is 9.98. The van der Waals surface area contributed by atoms with Crippen molar-refractivity contribution in [1.82, 2.24) is 19.3 Å². The third kappa shape index (κ3) is 4.29. The van der Waals surface area contributed by atoms with Gasteiger partial charge >= 0.3 is 0 Å². The fourth-order valence-electron chi connectivity index (χ4n) is 3.35. The Hall–Kier alpha value is -3.82. The van der Waals surface area contributed by atoms with E-state index < -0.39 is 5.60 Å². The van der Waals surface area contributed by atoms with Crippen molar-refractivity contribution < 1.29 is 9.84 Å². The molecule has 9 nitrogen and oxygen atoms in total. The molecule has 0 radical (unpaired) electrons. The Balaban J connectivity index is 1.74. The molecule has 1 aliphatic rings. The molecule has 164 valence electrons. The monoisotopic (exact) mass is 432 g/mol. The predicted octanol–water partition coefficient (Wildman–Crippen LogP) is 2.73. The molecule has 0 unspecified atom stereocenters. The number of nitrogens with one attached hydrogen (secondary N) is 1. The second-order valence-corrected chi connectivity index (χ2v) is 7.44. The lowest BCUT2D eigenvalue weighted by Crippen LogP contribution is -2.48. The summed E-state index contributed by atoms with van der Waals surface area (Å²) in [4.78, 5) is 25.9. The molecule has 3 aromatic rings. The standard InChI is InChI=1S/C23H24N6O3/c1-3-13-28-21(30)18-14-25-22(26-17-9-5-4-6-10-17)27-20(18)29(28)19(24-2)11-7-8-12-23(31)15-32-16-23/h3-11,14,31H,1-2,12-13,15-16H2,(H,25,26,27)/b8-7-,19-11+. The first-order valence-corrected chi connectivity index (χ1v) is 10.1. The van der Waals surface area contributed by atoms with Gasteiger partial charge in [0, 0.05) is 11.9 Å². The summed E-state index contributed by atoms with van der Waals surface area (Å²) < 4.78 is 8.12. The molecule has 1 saturated heterocycles. The molecule has 0 bridgehead atoms. The summed E-state index contributed by atoms with van der Waals surface area (Å²) in [6.45, 7) is 8.30. The van der Waals surface area contributed by atoms with Crippen LogP contribution in [0.3, 0.4) is 0 Å². The average Bonchev–Trinajstić information content (AvgIpc) is 3.05. The Morgan fingerprint density at radius 3 is 2.78 bits per heavy atom. The highest BCUT2D eigenvalue weighted by atomic mass is 16.5. The molecule has 0 amide bonds. The van der Waals surface area contributed by atoms with Gasteiger partial charge in [-0.05, 0) is 31.3 Å². The number of hydrogen-bond acceptors (Lipinski definition) is 7. The van der Waals surface area contributed by atoms with E-state index >= 15 is 0 Å². The van der Waals surface area contributed by atoms with Gasteiger partial charge in [-0.3, -0.25) is 4.79 Å². The first-order chi connectivity index (χ1) is 15.5. The zero-order chi connectivity index (χ0) is 22.6. The van der Waals surface area contributed by atoms with Crippen LogP contribution in [0.1, 0.15) is 6.42 Å². The third-order valence-corrected chi connectivity index (χ3v) is 5.01. The molecular formula is C23H24N6O3. The van der Waals surface area contributed by atoms with Crippen LogP contribution in [0.2, 0.25) is 0 Å². The normalized spacial score (nSPS) is 15.6. The van der Waals surface area contributed by atoms with Crippen LogP contribution in [0.15, 0.2) is 77.2 Å². The number of para-hydroxylation sites is 1. The number of aliphatic imine (C=N–C) groups is 1. The van der Waals surface area contributed by atoms with Gasteiger partial charge in [-0.25, -0.2) is 19.3 Å². The molecule has 0 saturated carbocycles. The Morgan fingerprint density at radius 2 is 2.12 bits per heavy atom. The van der Waals surface area contributed by atoms with Crippen molar-refractivity contribution >= 4 is 35.2 Å². The molecule has 4 rings (SSSR count). The quantitative estimate of drug-likeness (QED) is 0.306. The fourth-order valence-corrected chi connectivity index (χ4v) is 3.35. The number of allylic oxidation sites excluding steroid dienone is 3. The van der Waals surface area contributed by atoms with E-state index in [-0.39, 0.29) is 12.1 Å². The Morgan fingerprint density at radius 1 is 1.34 bits per heavy atom. The molecule has 3 heterocycles. The van der Waals surface area contributed by atoms with Crippen LogP contribution in [0, 0.1) is 0 Å². The molecule has 1 aromatic carbocycles. The minimum absolute atomic E-state index is 0.254. The van der Waals surface area contributed by atoms with Gasteiger partial charge in [-0.15, -0.1) is 6.58 Å². The van der Waals surface area contributed by atoms with E-state index in [9.17, 15) is 9.90 Å². The molecule has 1 fully saturated rings. The van der Waals surface area contributed by atoms with Gasteiger partial charge in [0.1, 0.15) is 11.0 Å². The van der Waals surface area contributed by atoms with Gasteiger partial charge in [0.15, 0.2) is 11.5 Å². The van der Waals surface area contributed by atoms with Crippen LogP contribution in [0.25, 0.3) is 16.9 Å². The topological polar surface area (TPSA) is 107 Å². The van der Waals surface area contributed by atoms with Crippen LogP contribution in [0.5, 0.6) is 0 Å². The van der Waals surface area contributed by atoms with Gasteiger partial charge in [0.2, 0.25) is 5.95 Å². The first-order valence-electron chi connectivity index (χ1n) is 10.1. The maximum Gasteiger partial charge on any atom is 0.278 e. The van der Waals surface area contributed by atoms with Crippen LogP contribution in [-0.2, 0) is 11.3 Å². The van der Waals surface area contributed by atoms with Crippen molar-refractivity contribution in [2.45, 2.75) is 18.6 Å². The Kier molecular flexibility index (Phi) is 6.11. The van der Waals surface area contributed by atoms with Gasteiger partial charge in [0.05, 0.1) is 19.8 Å². The van der Waals surface area contributed by atoms with Gasteiger partial charge < -0.3 is 15.2 Å². The Labute approximate surface area is 184 Å². The maximum absolute atomic E-state index is 13.0. The van der Waals surface area contributed by atoms with E-state index in [2.05, 4.69) is 33.6 Å². The van der Waals surface area contributed by atoms with Crippen molar-refractivity contribution in [2.24, 2.45) is 4.99 Å². The van der Waals surface area contributed by atoms with Crippen molar-refractivity contribution in [2.75, 3.05) is 18.5 Å². The van der Waals surface area contributed by atoms with Crippen LogP contribution < -0.4 is 10.9 Å². The van der Waals surface area contributed by atoms with Gasteiger partial charge in [-0.2, -0.15) is 4.98 Å². The lowest BCUT2D eigenvalue weighted by molar-refractivity contribution is -0.175. The summed E-state index contributed by atoms with van der Waals surface area (Å²) in [6.07, 6.45) is 8.87. The fraction of sp³-hybridized carbons (Fsp3) is 0.217. The second-order valence-electron chi connectivity index (χ2n) is 7.44. The predicted molar refractivity (Wildman–Crippen MR) is 125 cm³/mol. The lowest BCUT2D eigenvalue weighted by Gasteiger charge is -2.35. The maximum atomic E-state index is 13.0. The van der Waals surface area contributed by atoms with Gasteiger partial charge in [0.25, 0.3) is 5.56 Å². The van der Waals surface area contributed by atoms with Crippen LogP contribution in [0.4, 0.5) is 11.6 Å². The number of nitrogens with zero attached hydrogens (tertiary/aromatic N) is 5. The van der Waals surface area contributed by atoms with E-state index in [1.807, 2.05) is 36.4 Å². The van der Waals surface area contributed by atoms with Crippen molar-refractivity contribution in [3.8, 4) is 0 Å². The Bertz CT molecular complexity index is 1250. The molecule has 9 heteroatoms. The van der Waals surface area contributed by atoms with Crippen molar-refractivity contribution in [3.05, 3.63) is 77.8 Å². The molecule has 0 atom stereocenters. The van der Waals surface area contributed by atoms with E-state index in [0.717, 1.165) is 5.69 Å². The summed E-state index contributed by atoms with van der Waals surface area (Å²) in [5.74, 6) is 0.746. The second kappa shape index (κ2) is 9.13. The van der Waals surface area contributed by atoms with Crippen LogP contribution in [-0.4, -0.2) is 50.0 Å². The number of benzene rings is 1. The zero-order valence-electron chi connectivity index (χ0n) is 17.5. The highest BCUT2D eigenvalue weighted by Gasteiger charge is 2.34. The smallest absolute Gasteiger partial charge is 0.278 e. The number of hydrogen-bond donors (Lipinski definition) is 2. The minimum atomic E-state index is -0.817. The SMILES string of the molecule is C=CCn1c(=O)c2cnc(Nc3ccccc3)nc2n1/C(=C/C=C\CC1(O)COC1)N=C. The van der Waals surface area contributed by atoms with E-state index in [4.69, 9.17) is 4.74 Å². The minimum Gasteiger partial charge on any atom is -0.385 e. The molecule has 32 heavy (non-hydrogen) atoms. The van der Waals surface area contributed by atoms with Crippen molar-refractivity contribution in [1.29, 1.82) is 0 Å². The van der Waals surface area contributed by atoms with E-state index in [0.29, 0.717) is 42.4 Å². The highest BCUT2D eigenvalue weighted by molar-refractivity contribution is 5.79. The summed E-state index contributed by atoms with van der Waals surface area (Å²) in [5, 5.41) is 13.6. The average molecular weight is 432 g/mol. The van der Waals surface area contributed by atoms with Crippen LogP contribution >= 0.6 is 0 Å². The van der Waals surface area contributed by atoms with Crippen molar-refractivity contribution in [3.63, 3.8) is 0 Å². The molecule has 1 aliphatic heterocycles. The molecule has 0 aliphatic carbocycles. The third-order valence-electron chi connectivity index (χ3n) is 5.01. The largest absolute Gasteiger partial charge is 0.385 e. The first kappa shape index (κ1) is 21.4. The highest BCUT2D eigenvalue weighted by Crippen LogP contribution is 2.22. The molecule has 2 aromatic heterocycles. The summed E-state index contributed by atoms with van der Waals surface area (Å²) in [7, 11) is 0. The zero-order valence-corrected chi connectivity index (χ0v) is 17.5. The number of ether oxygens (including phenoxy) is 1. The van der Waals surface area contributed by atoms with E-state index in [1.165, 1.54) is 10.9 Å². The summed E-state index contributed by atoms with van der Waals surface area (Å²) >= 11 is 0. The molecule has 0 spiro atoms. The summed E-state index contributed by atoms with van der Waals surface area (Å²) in [5.41, 5.74) is 0.140. The number of aromatic nitrogens is 4.